The molecule has 10 aromatic rings. The highest BCUT2D eigenvalue weighted by Crippen LogP contribution is 2.55. The van der Waals surface area contributed by atoms with Gasteiger partial charge in [-0.25, -0.2) is 8.42 Å². The van der Waals surface area contributed by atoms with Gasteiger partial charge in [0.25, 0.3) is 0 Å². The van der Waals surface area contributed by atoms with Crippen LogP contribution in [0.1, 0.15) is 50.3 Å². The SMILES string of the molecule is CC12CCC=CC1N(c1cc(-n3c4ccccc4c4ccccc43)cc(S(=O)(=O)c3cc(-n4c5c(c6ccccc64)C=CCC5)cc(-n4c5ccccc5c5ccccc54)c3)c1)C1=C2CCC=C1. The van der Waals surface area contributed by atoms with Gasteiger partial charge in [0.05, 0.1) is 43.4 Å². The third-order valence-corrected chi connectivity index (χ3v) is 17.3. The molecule has 0 saturated heterocycles. The molecule has 7 heteroatoms. The van der Waals surface area contributed by atoms with E-state index in [1.165, 1.54) is 22.5 Å². The van der Waals surface area contributed by atoms with Crippen LogP contribution in [0.3, 0.4) is 0 Å². The summed E-state index contributed by atoms with van der Waals surface area (Å²) in [5.41, 5.74) is 13.5. The number of hydrogen-bond acceptors (Lipinski definition) is 3. The molecule has 0 fully saturated rings. The molecule has 7 aromatic carbocycles. The normalized spacial score (nSPS) is 19.0. The molecular formula is C61H48N4O2S. The average molecular weight is 901 g/mol. The van der Waals surface area contributed by atoms with Crippen LogP contribution in [0.25, 0.3) is 77.7 Å². The quantitative estimate of drug-likeness (QED) is 0.156. The van der Waals surface area contributed by atoms with Crippen molar-refractivity contribution in [2.75, 3.05) is 4.90 Å². The molecule has 0 bridgehead atoms. The molecule has 0 N–H and O–H groups in total. The van der Waals surface area contributed by atoms with Crippen LogP contribution in [-0.2, 0) is 16.3 Å². The lowest BCUT2D eigenvalue weighted by atomic mass is 9.69. The van der Waals surface area contributed by atoms with Crippen molar-refractivity contribution in [1.82, 2.24) is 13.7 Å². The van der Waals surface area contributed by atoms with Gasteiger partial charge in [-0.15, -0.1) is 0 Å². The summed E-state index contributed by atoms with van der Waals surface area (Å²) in [6.07, 6.45) is 19.6. The Bertz CT molecular complexity index is 3940. The minimum atomic E-state index is -4.23. The lowest BCUT2D eigenvalue weighted by molar-refractivity contribution is 0.326. The van der Waals surface area contributed by atoms with Crippen LogP contribution in [0, 0.1) is 5.41 Å². The molecule has 0 saturated carbocycles. The molecule has 3 aromatic heterocycles. The number of aromatic nitrogens is 3. The number of sulfone groups is 1. The zero-order valence-electron chi connectivity index (χ0n) is 37.8. The maximum Gasteiger partial charge on any atom is 0.206 e. The van der Waals surface area contributed by atoms with Crippen LogP contribution in [0.5, 0.6) is 0 Å². The number of benzene rings is 7. The number of para-hydroxylation sites is 5. The standard InChI is InChI=1S/C61H48N4O2S/c1-61-33-17-16-32-60(61)65(59-31-15-8-24-52(59)61)43-35-42(64-57-29-13-6-22-50(57)51-23-7-14-30-58(51)64)38-45(39-43)68(66,67)44-36-40(62-53-25-9-2-18-46(53)47-19-3-10-26-54(47)62)34-41(37-44)63-55-27-11-4-20-48(55)49-21-5-12-28-56(49)63/h2-7,9-11,13-16,18-23,25-27,29-32,34-39,60H,8,12,17,24,28,33H2,1H3. The van der Waals surface area contributed by atoms with E-state index in [-0.39, 0.29) is 21.2 Å². The van der Waals surface area contributed by atoms with Gasteiger partial charge in [0.2, 0.25) is 9.84 Å². The summed E-state index contributed by atoms with van der Waals surface area (Å²) in [7, 11) is -4.23. The van der Waals surface area contributed by atoms with Crippen LogP contribution >= 0.6 is 0 Å². The molecule has 330 valence electrons. The van der Waals surface area contributed by atoms with Gasteiger partial charge >= 0.3 is 0 Å². The average Bonchev–Trinajstić information content (AvgIpc) is 4.10. The molecule has 14 rings (SSSR count). The molecule has 0 amide bonds. The van der Waals surface area contributed by atoms with Crippen molar-refractivity contribution in [1.29, 1.82) is 0 Å². The molecule has 2 atom stereocenters. The number of hydrogen-bond donors (Lipinski definition) is 0. The van der Waals surface area contributed by atoms with E-state index in [0.717, 1.165) is 116 Å². The Balaban J connectivity index is 1.06. The maximum absolute atomic E-state index is 16.3. The molecule has 4 heterocycles. The fourth-order valence-corrected chi connectivity index (χ4v) is 13.9. The highest BCUT2D eigenvalue weighted by molar-refractivity contribution is 7.91. The fraction of sp³-hybridized carbons (Fsp3) is 0.148. The Labute approximate surface area is 395 Å². The summed E-state index contributed by atoms with van der Waals surface area (Å²) in [6.45, 7) is 2.42. The zero-order chi connectivity index (χ0) is 45.3. The summed E-state index contributed by atoms with van der Waals surface area (Å²) in [4.78, 5) is 2.95. The molecule has 0 radical (unpaired) electrons. The number of fused-ring (bicyclic) bond motifs is 11. The number of allylic oxidation sites excluding steroid dienone is 4. The third kappa shape index (κ3) is 5.60. The zero-order valence-corrected chi connectivity index (χ0v) is 38.6. The molecule has 3 aliphatic carbocycles. The van der Waals surface area contributed by atoms with Crippen molar-refractivity contribution in [3.63, 3.8) is 0 Å². The summed E-state index contributed by atoms with van der Waals surface area (Å²) >= 11 is 0. The summed E-state index contributed by atoms with van der Waals surface area (Å²) in [5, 5.41) is 5.66. The first-order valence-electron chi connectivity index (χ1n) is 24.0. The lowest BCUT2D eigenvalue weighted by Gasteiger charge is -2.39. The van der Waals surface area contributed by atoms with Crippen molar-refractivity contribution in [2.45, 2.75) is 61.3 Å². The summed E-state index contributed by atoms with van der Waals surface area (Å²) in [6, 6.07) is 54.5. The Hall–Kier alpha value is -7.61. The van der Waals surface area contributed by atoms with E-state index < -0.39 is 9.84 Å². The smallest absolute Gasteiger partial charge is 0.206 e. The topological polar surface area (TPSA) is 52.2 Å². The van der Waals surface area contributed by atoms with Crippen LogP contribution in [0.15, 0.2) is 209 Å². The van der Waals surface area contributed by atoms with Gasteiger partial charge in [0, 0.05) is 72.1 Å². The van der Waals surface area contributed by atoms with Crippen molar-refractivity contribution in [2.24, 2.45) is 5.41 Å². The van der Waals surface area contributed by atoms with Crippen LogP contribution < -0.4 is 4.90 Å². The molecule has 2 unspecified atom stereocenters. The first kappa shape index (κ1) is 39.5. The predicted octanol–water partition coefficient (Wildman–Crippen LogP) is 14.8. The van der Waals surface area contributed by atoms with Gasteiger partial charge in [-0.3, -0.25) is 0 Å². The van der Waals surface area contributed by atoms with Crippen LogP contribution in [-0.4, -0.2) is 28.2 Å². The summed E-state index contributed by atoms with van der Waals surface area (Å²) in [5.74, 6) is 0. The van der Waals surface area contributed by atoms with E-state index in [0.29, 0.717) is 0 Å². The second kappa shape index (κ2) is 14.7. The first-order valence-corrected chi connectivity index (χ1v) is 25.5. The number of rotatable bonds is 6. The van der Waals surface area contributed by atoms with Crippen molar-refractivity contribution >= 4 is 76.1 Å². The van der Waals surface area contributed by atoms with E-state index in [2.05, 4.69) is 195 Å². The van der Waals surface area contributed by atoms with Gasteiger partial charge in [0.15, 0.2) is 0 Å². The molecule has 68 heavy (non-hydrogen) atoms. The minimum absolute atomic E-state index is 0.0560. The Kier molecular flexibility index (Phi) is 8.55. The highest BCUT2D eigenvalue weighted by Gasteiger charge is 2.49. The second-order valence-electron chi connectivity index (χ2n) is 19.3. The van der Waals surface area contributed by atoms with Crippen molar-refractivity contribution in [3.05, 3.63) is 211 Å². The molecule has 4 aliphatic rings. The highest BCUT2D eigenvalue weighted by atomic mass is 32.2. The molecular weight excluding hydrogens is 853 g/mol. The number of anilines is 1. The van der Waals surface area contributed by atoms with E-state index in [1.807, 2.05) is 24.3 Å². The number of nitrogens with zero attached hydrogens (tertiary/aromatic N) is 4. The van der Waals surface area contributed by atoms with E-state index in [4.69, 9.17) is 0 Å². The Morgan fingerprint density at radius 1 is 0.485 bits per heavy atom. The van der Waals surface area contributed by atoms with E-state index in [9.17, 15) is 0 Å². The van der Waals surface area contributed by atoms with Gasteiger partial charge in [-0.2, -0.15) is 0 Å². The van der Waals surface area contributed by atoms with E-state index in [1.54, 1.807) is 0 Å². The largest absolute Gasteiger partial charge is 0.334 e. The first-order chi connectivity index (χ1) is 33.4. The second-order valence-corrected chi connectivity index (χ2v) is 21.2. The fourth-order valence-electron chi connectivity index (χ4n) is 12.6. The Morgan fingerprint density at radius 2 is 0.941 bits per heavy atom. The van der Waals surface area contributed by atoms with Gasteiger partial charge in [0.1, 0.15) is 0 Å². The maximum atomic E-state index is 16.3. The monoisotopic (exact) mass is 900 g/mol. The van der Waals surface area contributed by atoms with Gasteiger partial charge < -0.3 is 18.6 Å². The van der Waals surface area contributed by atoms with Gasteiger partial charge in [-0.1, -0.05) is 128 Å². The molecule has 0 spiro atoms. The lowest BCUT2D eigenvalue weighted by Crippen LogP contribution is -2.40. The Morgan fingerprint density at radius 3 is 1.51 bits per heavy atom. The van der Waals surface area contributed by atoms with Gasteiger partial charge in [-0.05, 0) is 117 Å². The van der Waals surface area contributed by atoms with Crippen LogP contribution in [0.4, 0.5) is 5.69 Å². The molecule has 6 nitrogen and oxygen atoms in total. The predicted molar refractivity (Wildman–Crippen MR) is 279 cm³/mol. The summed E-state index contributed by atoms with van der Waals surface area (Å²) < 4.78 is 39.4. The van der Waals surface area contributed by atoms with E-state index >= 15 is 8.42 Å². The minimum Gasteiger partial charge on any atom is -0.334 e. The molecule has 1 aliphatic heterocycles. The van der Waals surface area contributed by atoms with Crippen molar-refractivity contribution < 1.29 is 8.42 Å². The van der Waals surface area contributed by atoms with Crippen molar-refractivity contribution in [3.8, 4) is 17.1 Å². The van der Waals surface area contributed by atoms with Crippen LogP contribution in [0.2, 0.25) is 0 Å². The third-order valence-electron chi connectivity index (χ3n) is 15.6.